The van der Waals surface area contributed by atoms with E-state index in [0.717, 1.165) is 41.0 Å². The first-order valence-corrected chi connectivity index (χ1v) is 9.98. The molecule has 0 radical (unpaired) electrons. The topological polar surface area (TPSA) is 29.5 Å². The molecule has 0 spiro atoms. The molecule has 4 aromatic rings. The normalized spacial score (nSPS) is 14.4. The van der Waals surface area contributed by atoms with Gasteiger partial charge in [0.15, 0.2) is 0 Å². The van der Waals surface area contributed by atoms with Crippen molar-refractivity contribution in [2.45, 2.75) is 18.4 Å². The average molecular weight is 378 g/mol. The van der Waals surface area contributed by atoms with Gasteiger partial charge in [0.2, 0.25) is 0 Å². The van der Waals surface area contributed by atoms with Crippen LogP contribution in [-0.2, 0) is 18.4 Å². The minimum absolute atomic E-state index is 0.749. The Bertz CT molecular complexity index is 1080. The summed E-state index contributed by atoms with van der Waals surface area (Å²) in [4.78, 5) is 0. The van der Waals surface area contributed by atoms with Gasteiger partial charge in [0.1, 0.15) is 17.1 Å². The van der Waals surface area contributed by atoms with Crippen LogP contribution in [0.4, 0.5) is 0 Å². The molecular formula is C27H22O2. The molecule has 0 atom stereocenters. The van der Waals surface area contributed by atoms with E-state index in [9.17, 15) is 5.11 Å². The molecule has 29 heavy (non-hydrogen) atoms. The van der Waals surface area contributed by atoms with Gasteiger partial charge in [0, 0.05) is 0 Å². The number of aliphatic hydroxyl groups is 1. The molecule has 4 aromatic carbocycles. The van der Waals surface area contributed by atoms with Gasteiger partial charge in [-0.3, -0.25) is 0 Å². The first kappa shape index (κ1) is 17.7. The summed E-state index contributed by atoms with van der Waals surface area (Å²) in [5.74, 6) is 1.54. The zero-order valence-electron chi connectivity index (χ0n) is 16.1. The van der Waals surface area contributed by atoms with E-state index in [2.05, 4.69) is 12.1 Å². The van der Waals surface area contributed by atoms with Crippen LogP contribution in [0.25, 0.3) is 0 Å². The van der Waals surface area contributed by atoms with Crippen LogP contribution in [0.2, 0.25) is 0 Å². The third-order valence-electron chi connectivity index (χ3n) is 5.73. The smallest absolute Gasteiger partial charge is 0.141 e. The lowest BCUT2D eigenvalue weighted by atomic mass is 9.78. The van der Waals surface area contributed by atoms with Gasteiger partial charge >= 0.3 is 0 Å². The number of benzene rings is 4. The summed E-state index contributed by atoms with van der Waals surface area (Å²) >= 11 is 0. The maximum atomic E-state index is 12.2. The number of ether oxygens (including phenoxy) is 1. The van der Waals surface area contributed by atoms with Crippen molar-refractivity contribution in [2.75, 3.05) is 0 Å². The van der Waals surface area contributed by atoms with Crippen molar-refractivity contribution in [3.63, 3.8) is 0 Å². The Morgan fingerprint density at radius 1 is 0.552 bits per heavy atom. The van der Waals surface area contributed by atoms with Crippen molar-refractivity contribution in [1.29, 1.82) is 0 Å². The molecule has 1 aliphatic carbocycles. The van der Waals surface area contributed by atoms with Gasteiger partial charge in [0.25, 0.3) is 0 Å². The largest absolute Gasteiger partial charge is 0.457 e. The molecule has 0 amide bonds. The molecule has 0 aromatic heterocycles. The molecule has 0 bridgehead atoms. The van der Waals surface area contributed by atoms with Crippen LogP contribution in [0.5, 0.6) is 11.5 Å². The number of rotatable bonds is 3. The van der Waals surface area contributed by atoms with E-state index in [0.29, 0.717) is 0 Å². The molecule has 0 fully saturated rings. The van der Waals surface area contributed by atoms with Crippen molar-refractivity contribution < 1.29 is 9.84 Å². The second-order valence-corrected chi connectivity index (χ2v) is 7.46. The lowest BCUT2D eigenvalue weighted by Crippen LogP contribution is -2.30. The fourth-order valence-corrected chi connectivity index (χ4v) is 4.30. The average Bonchev–Trinajstić information content (AvgIpc) is 2.91. The van der Waals surface area contributed by atoms with E-state index in [1.54, 1.807) is 0 Å². The fourth-order valence-electron chi connectivity index (χ4n) is 4.30. The highest BCUT2D eigenvalue weighted by Crippen LogP contribution is 2.43. The molecule has 142 valence electrons. The van der Waals surface area contributed by atoms with Crippen molar-refractivity contribution >= 4 is 0 Å². The second-order valence-electron chi connectivity index (χ2n) is 7.46. The first-order valence-electron chi connectivity index (χ1n) is 9.98. The Kier molecular flexibility index (Phi) is 4.42. The van der Waals surface area contributed by atoms with Crippen LogP contribution in [-0.4, -0.2) is 5.11 Å². The van der Waals surface area contributed by atoms with E-state index in [-0.39, 0.29) is 0 Å². The Labute approximate surface area is 171 Å². The zero-order chi connectivity index (χ0) is 19.7. The minimum Gasteiger partial charge on any atom is -0.457 e. The number of para-hydroxylation sites is 1. The molecule has 1 aliphatic rings. The number of fused-ring (bicyclic) bond motifs is 2. The van der Waals surface area contributed by atoms with E-state index in [1.807, 2.05) is 91.0 Å². The summed E-state index contributed by atoms with van der Waals surface area (Å²) in [6, 6.07) is 34.0. The molecule has 0 saturated heterocycles. The summed E-state index contributed by atoms with van der Waals surface area (Å²) in [7, 11) is 0. The lowest BCUT2D eigenvalue weighted by molar-refractivity contribution is 0.125. The monoisotopic (exact) mass is 378 g/mol. The quantitative estimate of drug-likeness (QED) is 0.484. The van der Waals surface area contributed by atoms with E-state index in [1.165, 1.54) is 11.1 Å². The van der Waals surface area contributed by atoms with Crippen LogP contribution in [0.1, 0.15) is 27.8 Å². The fraction of sp³-hybridized carbons (Fsp3) is 0.111. The summed E-state index contributed by atoms with van der Waals surface area (Å²) in [6.07, 6.45) is 1.84. The van der Waals surface area contributed by atoms with Crippen LogP contribution in [0, 0.1) is 0 Å². The molecule has 0 saturated carbocycles. The standard InChI is InChI=1S/C27H22O2/c28-27(22-16-18-24(19-17-22)29-23-10-2-1-3-11-23)25-12-6-4-8-20(25)14-15-21-9-5-7-13-26(21)27/h1-13,16-19,28H,14-15H2. The van der Waals surface area contributed by atoms with Crippen LogP contribution < -0.4 is 4.74 Å². The summed E-state index contributed by atoms with van der Waals surface area (Å²) in [5, 5.41) is 12.2. The molecule has 1 N–H and O–H groups in total. The van der Waals surface area contributed by atoms with Gasteiger partial charge in [-0.1, -0.05) is 78.9 Å². The molecular weight excluding hydrogens is 356 g/mol. The summed E-state index contributed by atoms with van der Waals surface area (Å²) < 4.78 is 5.94. The first-order chi connectivity index (χ1) is 14.2. The van der Waals surface area contributed by atoms with Crippen molar-refractivity contribution in [3.05, 3.63) is 131 Å². The molecule has 0 heterocycles. The van der Waals surface area contributed by atoms with Crippen LogP contribution in [0.15, 0.2) is 103 Å². The van der Waals surface area contributed by atoms with Gasteiger partial charge in [-0.25, -0.2) is 0 Å². The predicted molar refractivity (Wildman–Crippen MR) is 115 cm³/mol. The highest BCUT2D eigenvalue weighted by Gasteiger charge is 2.38. The summed E-state index contributed by atoms with van der Waals surface area (Å²) in [6.45, 7) is 0. The van der Waals surface area contributed by atoms with Crippen molar-refractivity contribution in [3.8, 4) is 11.5 Å². The maximum Gasteiger partial charge on any atom is 0.141 e. The zero-order valence-corrected chi connectivity index (χ0v) is 16.1. The lowest BCUT2D eigenvalue weighted by Gasteiger charge is -2.31. The highest BCUT2D eigenvalue weighted by atomic mass is 16.5. The van der Waals surface area contributed by atoms with Crippen molar-refractivity contribution in [1.82, 2.24) is 0 Å². The van der Waals surface area contributed by atoms with Crippen molar-refractivity contribution in [2.24, 2.45) is 0 Å². The Morgan fingerprint density at radius 3 is 1.62 bits per heavy atom. The highest BCUT2D eigenvalue weighted by molar-refractivity contribution is 5.55. The number of aryl methyl sites for hydroxylation is 2. The molecule has 0 unspecified atom stereocenters. The molecule has 2 nitrogen and oxygen atoms in total. The molecule has 0 aliphatic heterocycles. The molecule has 2 heteroatoms. The van der Waals surface area contributed by atoms with Gasteiger partial charge in [-0.15, -0.1) is 0 Å². The third kappa shape index (κ3) is 3.12. The second kappa shape index (κ2) is 7.23. The van der Waals surface area contributed by atoms with Crippen LogP contribution in [0.3, 0.4) is 0 Å². The predicted octanol–water partition coefficient (Wildman–Crippen LogP) is 5.86. The van der Waals surface area contributed by atoms with Gasteiger partial charge < -0.3 is 9.84 Å². The Balaban J connectivity index is 1.61. The Morgan fingerprint density at radius 2 is 1.03 bits per heavy atom. The summed E-state index contributed by atoms with van der Waals surface area (Å²) in [5.41, 5.74) is 3.96. The van der Waals surface area contributed by atoms with E-state index in [4.69, 9.17) is 4.74 Å². The van der Waals surface area contributed by atoms with E-state index < -0.39 is 5.60 Å². The van der Waals surface area contributed by atoms with Gasteiger partial charge in [-0.05, 0) is 64.9 Å². The van der Waals surface area contributed by atoms with E-state index >= 15 is 0 Å². The van der Waals surface area contributed by atoms with Gasteiger partial charge in [-0.2, -0.15) is 0 Å². The van der Waals surface area contributed by atoms with Crippen LogP contribution >= 0.6 is 0 Å². The third-order valence-corrected chi connectivity index (χ3v) is 5.73. The maximum absolute atomic E-state index is 12.2. The minimum atomic E-state index is -1.19. The number of hydrogen-bond donors (Lipinski definition) is 1. The Hall–Kier alpha value is -3.36. The molecule has 5 rings (SSSR count). The van der Waals surface area contributed by atoms with Gasteiger partial charge in [0.05, 0.1) is 0 Å². The SMILES string of the molecule is OC1(c2ccc(Oc3ccccc3)cc2)c2ccccc2CCc2ccccc21. The number of hydrogen-bond acceptors (Lipinski definition) is 2.